The second-order valence-electron chi connectivity index (χ2n) is 4.54. The van der Waals surface area contributed by atoms with Gasteiger partial charge in [0.25, 0.3) is 0 Å². The average molecular weight is 193 g/mol. The molecule has 2 aliphatic rings. The van der Waals surface area contributed by atoms with E-state index in [4.69, 9.17) is 5.73 Å². The van der Waals surface area contributed by atoms with E-state index in [1.54, 1.807) is 0 Å². The topological polar surface area (TPSA) is 29.0 Å². The Kier molecular flexibility index (Phi) is 2.90. The third-order valence-electron chi connectivity index (χ3n) is 3.50. The van der Waals surface area contributed by atoms with Crippen LogP contribution < -0.4 is 5.73 Å². The second kappa shape index (κ2) is 4.16. The number of allylic oxidation sites excluding steroid dienone is 1. The van der Waals surface area contributed by atoms with Gasteiger partial charge in [-0.25, -0.2) is 4.58 Å². The van der Waals surface area contributed by atoms with Gasteiger partial charge in [-0.3, -0.25) is 0 Å². The number of nitrogens with two attached hydrogens (primary N) is 1. The van der Waals surface area contributed by atoms with Crippen molar-refractivity contribution in [3.05, 3.63) is 11.3 Å². The summed E-state index contributed by atoms with van der Waals surface area (Å²) >= 11 is 0. The fraction of sp³-hybridized carbons (Fsp3) is 0.750. The summed E-state index contributed by atoms with van der Waals surface area (Å²) in [4.78, 5) is 0. The van der Waals surface area contributed by atoms with Gasteiger partial charge in [-0.1, -0.05) is 12.8 Å². The van der Waals surface area contributed by atoms with Crippen molar-refractivity contribution in [1.82, 2.24) is 0 Å². The Bertz CT molecular complexity index is 257. The van der Waals surface area contributed by atoms with Gasteiger partial charge in [0.05, 0.1) is 0 Å². The summed E-state index contributed by atoms with van der Waals surface area (Å²) in [5.74, 6) is 0. The number of hydrogen-bond donors (Lipinski definition) is 1. The quantitative estimate of drug-likeness (QED) is 0.586. The first kappa shape index (κ1) is 9.75. The molecular weight excluding hydrogens is 172 g/mol. The summed E-state index contributed by atoms with van der Waals surface area (Å²) in [5, 5.41) is 0. The van der Waals surface area contributed by atoms with E-state index in [1.807, 2.05) is 0 Å². The van der Waals surface area contributed by atoms with Gasteiger partial charge in [-0.15, -0.1) is 0 Å². The maximum absolute atomic E-state index is 6.10. The Hall–Kier alpha value is -0.790. The zero-order chi connectivity index (χ0) is 9.97. The Labute approximate surface area is 86.5 Å². The smallest absolute Gasteiger partial charge is 0.180 e. The lowest BCUT2D eigenvalue weighted by molar-refractivity contribution is -0.499. The van der Waals surface area contributed by atoms with Crippen molar-refractivity contribution in [3.8, 4) is 0 Å². The first-order valence-electron chi connectivity index (χ1n) is 5.84. The van der Waals surface area contributed by atoms with Crippen molar-refractivity contribution in [2.24, 2.45) is 5.73 Å². The molecule has 1 aliphatic carbocycles. The summed E-state index contributed by atoms with van der Waals surface area (Å²) < 4.78 is 2.41. The summed E-state index contributed by atoms with van der Waals surface area (Å²) in [5.41, 5.74) is 10.3. The predicted octanol–water partition coefficient (Wildman–Crippen LogP) is 2.04. The zero-order valence-electron chi connectivity index (χ0n) is 9.18. The van der Waals surface area contributed by atoms with Gasteiger partial charge in [0.2, 0.25) is 0 Å². The molecule has 0 amide bonds. The van der Waals surface area contributed by atoms with Crippen LogP contribution in [-0.4, -0.2) is 23.9 Å². The lowest BCUT2D eigenvalue weighted by Crippen LogP contribution is -2.29. The van der Waals surface area contributed by atoms with E-state index < -0.39 is 0 Å². The van der Waals surface area contributed by atoms with Gasteiger partial charge in [0, 0.05) is 24.1 Å². The molecule has 0 aromatic carbocycles. The fourth-order valence-corrected chi connectivity index (χ4v) is 2.58. The SMILES string of the molecule is C[N+]1=C2CCCCCCC2=C(N)CC1. The van der Waals surface area contributed by atoms with E-state index in [-0.39, 0.29) is 0 Å². The highest BCUT2D eigenvalue weighted by Gasteiger charge is 2.24. The van der Waals surface area contributed by atoms with Crippen molar-refractivity contribution >= 4 is 5.71 Å². The van der Waals surface area contributed by atoms with Gasteiger partial charge in [0.15, 0.2) is 5.71 Å². The molecule has 0 saturated heterocycles. The van der Waals surface area contributed by atoms with Crippen LogP contribution in [0.1, 0.15) is 44.9 Å². The number of fused-ring (bicyclic) bond motifs is 1. The maximum Gasteiger partial charge on any atom is 0.180 e. The molecule has 0 spiro atoms. The largest absolute Gasteiger partial charge is 0.401 e. The number of hydrogen-bond acceptors (Lipinski definition) is 1. The van der Waals surface area contributed by atoms with Crippen LogP contribution in [0.15, 0.2) is 11.3 Å². The predicted molar refractivity (Wildman–Crippen MR) is 59.6 cm³/mol. The molecule has 1 aliphatic heterocycles. The highest BCUT2D eigenvalue weighted by atomic mass is 15.0. The molecule has 0 aromatic heterocycles. The van der Waals surface area contributed by atoms with Gasteiger partial charge in [-0.05, 0) is 19.3 Å². The van der Waals surface area contributed by atoms with Crippen LogP contribution in [0.2, 0.25) is 0 Å². The van der Waals surface area contributed by atoms with Crippen molar-refractivity contribution in [1.29, 1.82) is 0 Å². The van der Waals surface area contributed by atoms with Gasteiger partial charge in [0.1, 0.15) is 13.6 Å². The van der Waals surface area contributed by atoms with Crippen molar-refractivity contribution < 1.29 is 4.58 Å². The molecule has 2 heteroatoms. The monoisotopic (exact) mass is 193 g/mol. The fourth-order valence-electron chi connectivity index (χ4n) is 2.58. The minimum atomic E-state index is 1.06. The van der Waals surface area contributed by atoms with E-state index in [1.165, 1.54) is 55.5 Å². The maximum atomic E-state index is 6.10. The molecule has 0 bridgehead atoms. The molecule has 0 unspecified atom stereocenters. The lowest BCUT2D eigenvalue weighted by Gasteiger charge is -2.20. The summed E-state index contributed by atoms with van der Waals surface area (Å²) in [7, 11) is 2.21. The standard InChI is InChI=1S/C12H20N2/c1-14-9-8-11(13)10-6-4-2-3-5-7-12(10)14/h13H,2-9H2,1H3/p+1. The van der Waals surface area contributed by atoms with E-state index in [2.05, 4.69) is 11.6 Å². The third kappa shape index (κ3) is 1.84. The molecule has 0 atom stereocenters. The third-order valence-corrected chi connectivity index (χ3v) is 3.50. The summed E-state index contributed by atoms with van der Waals surface area (Å²) in [6.45, 7) is 1.12. The van der Waals surface area contributed by atoms with Crippen molar-refractivity contribution in [2.75, 3.05) is 13.6 Å². The van der Waals surface area contributed by atoms with Crippen LogP contribution in [0.3, 0.4) is 0 Å². The Balaban J connectivity index is 2.28. The van der Waals surface area contributed by atoms with Gasteiger partial charge in [-0.2, -0.15) is 0 Å². The van der Waals surface area contributed by atoms with Crippen molar-refractivity contribution in [2.45, 2.75) is 44.9 Å². The van der Waals surface area contributed by atoms with Gasteiger partial charge < -0.3 is 5.73 Å². The summed E-state index contributed by atoms with van der Waals surface area (Å²) in [6.07, 6.45) is 8.97. The van der Waals surface area contributed by atoms with Crippen LogP contribution in [0.4, 0.5) is 0 Å². The Morgan fingerprint density at radius 2 is 1.71 bits per heavy atom. The molecule has 14 heavy (non-hydrogen) atoms. The molecule has 2 rings (SSSR count). The minimum absolute atomic E-state index is 1.06. The summed E-state index contributed by atoms with van der Waals surface area (Å²) in [6, 6.07) is 0. The average Bonchev–Trinajstić information content (AvgIpc) is 2.11. The van der Waals surface area contributed by atoms with E-state index in [9.17, 15) is 0 Å². The lowest BCUT2D eigenvalue weighted by atomic mass is 9.90. The molecule has 1 heterocycles. The molecule has 0 aromatic rings. The van der Waals surface area contributed by atoms with E-state index >= 15 is 0 Å². The first-order chi connectivity index (χ1) is 6.79. The van der Waals surface area contributed by atoms with Crippen molar-refractivity contribution in [3.63, 3.8) is 0 Å². The van der Waals surface area contributed by atoms with Crippen LogP contribution in [-0.2, 0) is 0 Å². The van der Waals surface area contributed by atoms with Crippen LogP contribution in [0, 0.1) is 0 Å². The first-order valence-corrected chi connectivity index (χ1v) is 5.84. The Morgan fingerprint density at radius 1 is 1.00 bits per heavy atom. The van der Waals surface area contributed by atoms with E-state index in [0.29, 0.717) is 0 Å². The second-order valence-corrected chi connectivity index (χ2v) is 4.54. The highest BCUT2D eigenvalue weighted by molar-refractivity contribution is 5.97. The Morgan fingerprint density at radius 3 is 2.50 bits per heavy atom. The molecular formula is C12H21N2+. The van der Waals surface area contributed by atoms with Gasteiger partial charge >= 0.3 is 0 Å². The number of nitrogens with zero attached hydrogens (tertiary/aromatic N) is 1. The number of rotatable bonds is 0. The normalized spacial score (nSPS) is 24.4. The molecule has 2 N–H and O–H groups in total. The highest BCUT2D eigenvalue weighted by Crippen LogP contribution is 2.24. The molecule has 1 saturated carbocycles. The molecule has 0 radical (unpaired) electrons. The van der Waals surface area contributed by atoms with Crippen LogP contribution >= 0.6 is 0 Å². The van der Waals surface area contributed by atoms with E-state index in [0.717, 1.165) is 13.0 Å². The minimum Gasteiger partial charge on any atom is -0.401 e. The van der Waals surface area contributed by atoms with Crippen LogP contribution in [0.5, 0.6) is 0 Å². The molecule has 2 nitrogen and oxygen atoms in total. The molecule has 78 valence electrons. The molecule has 1 fully saturated rings. The zero-order valence-corrected chi connectivity index (χ0v) is 9.18. The van der Waals surface area contributed by atoms with Crippen LogP contribution in [0.25, 0.3) is 0 Å².